The number of hydrogen-bond acceptors (Lipinski definition) is 4. The van der Waals surface area contributed by atoms with Gasteiger partial charge in [0.15, 0.2) is 9.84 Å². The molecule has 4 nitrogen and oxygen atoms in total. The van der Waals surface area contributed by atoms with Gasteiger partial charge < -0.3 is 0 Å². The maximum absolute atomic E-state index is 12.1. The van der Waals surface area contributed by atoms with Crippen LogP contribution in [0, 0.1) is 5.41 Å². The molecule has 0 radical (unpaired) electrons. The van der Waals surface area contributed by atoms with Crippen LogP contribution in [0.3, 0.4) is 0 Å². The molecule has 0 N–H and O–H groups in total. The molecule has 0 unspecified atom stereocenters. The third-order valence-electron chi connectivity index (χ3n) is 3.14. The van der Waals surface area contributed by atoms with E-state index in [1.807, 2.05) is 13.8 Å². The quantitative estimate of drug-likeness (QED) is 0.549. The minimum absolute atomic E-state index is 0.0719. The highest BCUT2D eigenvalue weighted by Crippen LogP contribution is 2.34. The van der Waals surface area contributed by atoms with Crippen molar-refractivity contribution in [2.75, 3.05) is 28.8 Å². The molecule has 0 aromatic rings. The van der Waals surface area contributed by atoms with E-state index in [9.17, 15) is 16.8 Å². The van der Waals surface area contributed by atoms with Gasteiger partial charge in [-0.25, -0.2) is 16.8 Å². The molecule has 0 rings (SSSR count). The highest BCUT2D eigenvalue weighted by atomic mass is 79.9. The van der Waals surface area contributed by atoms with Gasteiger partial charge in [-0.1, -0.05) is 42.6 Å². The maximum atomic E-state index is 12.1. The van der Waals surface area contributed by atoms with Crippen LogP contribution in [0.15, 0.2) is 0 Å². The van der Waals surface area contributed by atoms with Gasteiger partial charge in [-0.15, -0.1) is 0 Å². The molecule has 0 aromatic carbocycles. The molecule has 0 amide bonds. The first kappa shape index (κ1) is 19.4. The molecule has 0 heterocycles. The first-order valence-corrected chi connectivity index (χ1v) is 11.5. The fourth-order valence-corrected chi connectivity index (χ4v) is 7.04. The number of hydrogen-bond donors (Lipinski definition) is 0. The summed E-state index contributed by atoms with van der Waals surface area (Å²) in [5.41, 5.74) is -0.264. The molecule has 0 atom stereocenters. The molecule has 7 heteroatoms. The predicted octanol–water partition coefficient (Wildman–Crippen LogP) is 2.43. The predicted molar refractivity (Wildman–Crippen MR) is 84.4 cm³/mol. The van der Waals surface area contributed by atoms with Gasteiger partial charge in [0.1, 0.15) is 9.84 Å². The molecule has 0 saturated heterocycles. The Morgan fingerprint density at radius 3 is 1.74 bits per heavy atom. The van der Waals surface area contributed by atoms with Gasteiger partial charge >= 0.3 is 0 Å². The summed E-state index contributed by atoms with van der Waals surface area (Å²) in [7, 11) is -6.57. The Labute approximate surface area is 126 Å². The van der Waals surface area contributed by atoms with Gasteiger partial charge in [0.05, 0.1) is 17.3 Å². The molecule has 116 valence electrons. The molecule has 19 heavy (non-hydrogen) atoms. The van der Waals surface area contributed by atoms with Crippen LogP contribution in [0.25, 0.3) is 0 Å². The van der Waals surface area contributed by atoms with E-state index < -0.39 is 19.7 Å². The Morgan fingerprint density at radius 1 is 0.947 bits per heavy atom. The summed E-state index contributed by atoms with van der Waals surface area (Å²) >= 11 is 3.44. The van der Waals surface area contributed by atoms with Gasteiger partial charge in [0.2, 0.25) is 0 Å². The first-order valence-electron chi connectivity index (χ1n) is 6.54. The highest BCUT2D eigenvalue weighted by molar-refractivity contribution is 9.09. The van der Waals surface area contributed by atoms with Crippen LogP contribution in [0.2, 0.25) is 0 Å². The summed E-state index contributed by atoms with van der Waals surface area (Å²) in [4.78, 5) is 0. The molecule has 0 aliphatic carbocycles. The zero-order valence-electron chi connectivity index (χ0n) is 12.0. The van der Waals surface area contributed by atoms with Gasteiger partial charge in [-0.3, -0.25) is 0 Å². The summed E-state index contributed by atoms with van der Waals surface area (Å²) in [5.74, 6) is -0.484. The number of rotatable bonds is 10. The third kappa shape index (κ3) is 8.30. The van der Waals surface area contributed by atoms with Crippen LogP contribution in [0.1, 0.15) is 39.5 Å². The van der Waals surface area contributed by atoms with Gasteiger partial charge in [0, 0.05) is 11.6 Å². The summed E-state index contributed by atoms with van der Waals surface area (Å²) in [6, 6.07) is 0. The molecule has 0 saturated carbocycles. The third-order valence-corrected chi connectivity index (χ3v) is 7.41. The minimum atomic E-state index is -3.34. The standard InChI is InChI=1S/C12H25BrO4S2/c1-4-6-12(10-13,7-5-2)11-19(16,17)9-8-18(3,14)15/h4-11H2,1-3H3. The molecular weight excluding hydrogens is 352 g/mol. The maximum Gasteiger partial charge on any atom is 0.151 e. The van der Waals surface area contributed by atoms with Crippen molar-refractivity contribution in [3.05, 3.63) is 0 Å². The van der Waals surface area contributed by atoms with Crippen LogP contribution >= 0.6 is 15.9 Å². The fraction of sp³-hybridized carbons (Fsp3) is 1.00. The Hall–Kier alpha value is 0.380. The van der Waals surface area contributed by atoms with Gasteiger partial charge in [-0.2, -0.15) is 0 Å². The van der Waals surface area contributed by atoms with E-state index in [-0.39, 0.29) is 22.7 Å². The van der Waals surface area contributed by atoms with Crippen LogP contribution in [-0.2, 0) is 19.7 Å². The zero-order valence-corrected chi connectivity index (χ0v) is 15.2. The SMILES string of the molecule is CCCC(CBr)(CCC)CS(=O)(=O)CCS(C)(=O)=O. The Balaban J connectivity index is 4.91. The Bertz CT molecular complexity index is 448. The lowest BCUT2D eigenvalue weighted by atomic mass is 9.83. The molecule has 0 aliphatic rings. The number of sulfone groups is 2. The first-order chi connectivity index (χ1) is 8.60. The van der Waals surface area contributed by atoms with Crippen molar-refractivity contribution >= 4 is 35.6 Å². The molecule has 0 aromatic heterocycles. The second kappa shape index (κ2) is 7.98. The summed E-state index contributed by atoms with van der Waals surface area (Å²) < 4.78 is 46.4. The molecule has 0 fully saturated rings. The molecule has 0 spiro atoms. The monoisotopic (exact) mass is 376 g/mol. The summed E-state index contributed by atoms with van der Waals surface area (Å²) in [5, 5.41) is 0.639. The average Bonchev–Trinajstić information content (AvgIpc) is 2.26. The van der Waals surface area contributed by atoms with E-state index in [0.29, 0.717) is 5.33 Å². The lowest BCUT2D eigenvalue weighted by Crippen LogP contribution is -2.34. The lowest BCUT2D eigenvalue weighted by Gasteiger charge is -2.31. The summed E-state index contributed by atoms with van der Waals surface area (Å²) in [6.07, 6.45) is 4.59. The van der Waals surface area contributed by atoms with Gasteiger partial charge in [-0.05, 0) is 18.3 Å². The molecule has 0 aliphatic heterocycles. The lowest BCUT2D eigenvalue weighted by molar-refractivity contribution is 0.314. The van der Waals surface area contributed by atoms with Gasteiger partial charge in [0.25, 0.3) is 0 Å². The van der Waals surface area contributed by atoms with Crippen molar-refractivity contribution < 1.29 is 16.8 Å². The molecular formula is C12H25BrO4S2. The van der Waals surface area contributed by atoms with E-state index in [0.717, 1.165) is 31.9 Å². The largest absolute Gasteiger partial charge is 0.229 e. The van der Waals surface area contributed by atoms with E-state index in [2.05, 4.69) is 15.9 Å². The van der Waals surface area contributed by atoms with E-state index in [4.69, 9.17) is 0 Å². The smallest absolute Gasteiger partial charge is 0.151 e. The Kier molecular flexibility index (Phi) is 8.14. The van der Waals surface area contributed by atoms with Crippen molar-refractivity contribution in [1.29, 1.82) is 0 Å². The number of halogens is 1. The minimum Gasteiger partial charge on any atom is -0.229 e. The second-order valence-electron chi connectivity index (χ2n) is 5.36. The van der Waals surface area contributed by atoms with Crippen LogP contribution < -0.4 is 0 Å². The van der Waals surface area contributed by atoms with Crippen molar-refractivity contribution in [3.8, 4) is 0 Å². The van der Waals surface area contributed by atoms with Crippen molar-refractivity contribution in [1.82, 2.24) is 0 Å². The highest BCUT2D eigenvalue weighted by Gasteiger charge is 2.33. The Morgan fingerprint density at radius 2 is 1.42 bits per heavy atom. The second-order valence-corrected chi connectivity index (χ2v) is 10.4. The van der Waals surface area contributed by atoms with E-state index in [1.165, 1.54) is 0 Å². The normalized spacial score (nSPS) is 13.7. The topological polar surface area (TPSA) is 68.3 Å². The summed E-state index contributed by atoms with van der Waals surface area (Å²) in [6.45, 7) is 4.08. The molecule has 0 bridgehead atoms. The fourth-order valence-electron chi connectivity index (χ4n) is 2.32. The van der Waals surface area contributed by atoms with Crippen molar-refractivity contribution in [2.45, 2.75) is 39.5 Å². The van der Waals surface area contributed by atoms with E-state index >= 15 is 0 Å². The number of alkyl halides is 1. The van der Waals surface area contributed by atoms with Crippen LogP contribution in [0.5, 0.6) is 0 Å². The van der Waals surface area contributed by atoms with Crippen LogP contribution in [0.4, 0.5) is 0 Å². The average molecular weight is 377 g/mol. The van der Waals surface area contributed by atoms with Crippen molar-refractivity contribution in [2.24, 2.45) is 5.41 Å². The zero-order chi connectivity index (χ0) is 15.2. The van der Waals surface area contributed by atoms with Crippen LogP contribution in [-0.4, -0.2) is 45.7 Å². The van der Waals surface area contributed by atoms with Crippen molar-refractivity contribution in [3.63, 3.8) is 0 Å². The van der Waals surface area contributed by atoms with E-state index in [1.54, 1.807) is 0 Å².